The minimum Gasteiger partial charge on any atom is -0.462 e. The van der Waals surface area contributed by atoms with Crippen molar-refractivity contribution in [1.82, 2.24) is 0 Å². The van der Waals surface area contributed by atoms with E-state index in [0.717, 1.165) is 0 Å². The van der Waals surface area contributed by atoms with Crippen LogP contribution in [0, 0.1) is 11.8 Å². The highest BCUT2D eigenvalue weighted by molar-refractivity contribution is 6.23. The number of anilines is 1. The van der Waals surface area contributed by atoms with Crippen LogP contribution in [0.4, 0.5) is 5.69 Å². The molecule has 0 spiro atoms. The summed E-state index contributed by atoms with van der Waals surface area (Å²) in [6.45, 7) is 3.87. The predicted octanol–water partition coefficient (Wildman–Crippen LogP) is 1.70. The fourth-order valence-corrected chi connectivity index (χ4v) is 3.87. The first kappa shape index (κ1) is 15.1. The Bertz CT molecular complexity index is 768. The molecule has 124 valence electrons. The lowest BCUT2D eigenvalue weighted by Gasteiger charge is -2.24. The van der Waals surface area contributed by atoms with Gasteiger partial charge < -0.3 is 9.47 Å². The quantitative estimate of drug-likeness (QED) is 0.480. The minimum absolute atomic E-state index is 0.244. The summed E-state index contributed by atoms with van der Waals surface area (Å²) in [5.74, 6) is -1.86. The lowest BCUT2D eigenvalue weighted by molar-refractivity contribution is -0.126. The smallest absolute Gasteiger partial charge is 0.338 e. The highest BCUT2D eigenvalue weighted by Gasteiger charge is 2.65. The summed E-state index contributed by atoms with van der Waals surface area (Å²) in [5, 5.41) is 0. The van der Waals surface area contributed by atoms with Crippen LogP contribution >= 0.6 is 0 Å². The van der Waals surface area contributed by atoms with Gasteiger partial charge in [-0.1, -0.05) is 12.2 Å². The molecule has 2 bridgehead atoms. The van der Waals surface area contributed by atoms with Crippen molar-refractivity contribution in [2.75, 3.05) is 11.5 Å². The molecule has 0 radical (unpaired) electrons. The van der Waals surface area contributed by atoms with E-state index < -0.39 is 23.4 Å². The summed E-state index contributed by atoms with van der Waals surface area (Å²) in [6.07, 6.45) is 3.40. The zero-order chi connectivity index (χ0) is 17.1. The molecule has 24 heavy (non-hydrogen) atoms. The SMILES string of the molecule is CCOC(=O)c1ccc(N2C(=O)C3C4C=CC(C)(O4)C3C2=O)cc1. The molecular formula is C18H17NO5. The van der Waals surface area contributed by atoms with E-state index in [1.807, 2.05) is 19.1 Å². The molecular weight excluding hydrogens is 310 g/mol. The summed E-state index contributed by atoms with van der Waals surface area (Å²) in [6, 6.07) is 6.32. The summed E-state index contributed by atoms with van der Waals surface area (Å²) in [5.41, 5.74) is 0.147. The monoisotopic (exact) mass is 327 g/mol. The van der Waals surface area contributed by atoms with Gasteiger partial charge in [0.15, 0.2) is 0 Å². The van der Waals surface area contributed by atoms with Crippen LogP contribution in [0.3, 0.4) is 0 Å². The van der Waals surface area contributed by atoms with Crippen molar-refractivity contribution in [3.63, 3.8) is 0 Å². The fraction of sp³-hybridized carbons (Fsp3) is 0.389. The molecule has 3 heterocycles. The summed E-state index contributed by atoms with van der Waals surface area (Å²) >= 11 is 0. The first-order chi connectivity index (χ1) is 11.5. The zero-order valence-corrected chi connectivity index (χ0v) is 13.4. The number of benzene rings is 1. The number of hydrogen-bond acceptors (Lipinski definition) is 5. The summed E-state index contributed by atoms with van der Waals surface area (Å²) in [4.78, 5) is 38.5. The van der Waals surface area contributed by atoms with Crippen molar-refractivity contribution in [3.8, 4) is 0 Å². The van der Waals surface area contributed by atoms with Crippen molar-refractivity contribution in [1.29, 1.82) is 0 Å². The van der Waals surface area contributed by atoms with Crippen LogP contribution in [0.2, 0.25) is 0 Å². The van der Waals surface area contributed by atoms with Gasteiger partial charge in [0.1, 0.15) is 0 Å². The molecule has 6 nitrogen and oxygen atoms in total. The third kappa shape index (κ3) is 1.89. The number of esters is 1. The maximum Gasteiger partial charge on any atom is 0.338 e. The molecule has 2 amide bonds. The third-order valence-electron chi connectivity index (χ3n) is 4.97. The molecule has 0 aliphatic carbocycles. The summed E-state index contributed by atoms with van der Waals surface area (Å²) < 4.78 is 10.7. The van der Waals surface area contributed by atoms with Gasteiger partial charge in [-0.05, 0) is 38.1 Å². The van der Waals surface area contributed by atoms with Crippen LogP contribution in [-0.2, 0) is 19.1 Å². The second-order valence-corrected chi connectivity index (χ2v) is 6.41. The number of amides is 2. The lowest BCUT2D eigenvalue weighted by atomic mass is 9.78. The second-order valence-electron chi connectivity index (χ2n) is 6.41. The van der Waals surface area contributed by atoms with Gasteiger partial charge >= 0.3 is 5.97 Å². The van der Waals surface area contributed by atoms with Crippen molar-refractivity contribution in [2.24, 2.45) is 11.8 Å². The first-order valence-electron chi connectivity index (χ1n) is 7.98. The number of fused-ring (bicyclic) bond motifs is 5. The van der Waals surface area contributed by atoms with Crippen molar-refractivity contribution in [3.05, 3.63) is 42.0 Å². The van der Waals surface area contributed by atoms with E-state index in [2.05, 4.69) is 0 Å². The lowest BCUT2D eigenvalue weighted by Crippen LogP contribution is -2.38. The van der Waals surface area contributed by atoms with E-state index in [1.54, 1.807) is 31.2 Å². The van der Waals surface area contributed by atoms with E-state index in [-0.39, 0.29) is 17.9 Å². The van der Waals surface area contributed by atoms with E-state index >= 15 is 0 Å². The predicted molar refractivity (Wildman–Crippen MR) is 84.3 cm³/mol. The van der Waals surface area contributed by atoms with Gasteiger partial charge in [0.2, 0.25) is 11.8 Å². The molecule has 4 rings (SSSR count). The second kappa shape index (κ2) is 5.01. The Balaban J connectivity index is 1.63. The number of carbonyl (C=O) groups is 3. The number of nitrogens with zero attached hydrogens (tertiary/aromatic N) is 1. The fourth-order valence-electron chi connectivity index (χ4n) is 3.87. The van der Waals surface area contributed by atoms with Crippen molar-refractivity contribution in [2.45, 2.75) is 25.6 Å². The standard InChI is InChI=1S/C18H17NO5/c1-3-23-17(22)10-4-6-11(7-5-10)19-15(20)13-12-8-9-18(2,24-12)14(13)16(19)21/h4-9,12-14H,3H2,1-2H3. The number of ether oxygens (including phenoxy) is 2. The van der Waals surface area contributed by atoms with Gasteiger partial charge in [-0.25, -0.2) is 9.69 Å². The Labute approximate surface area is 139 Å². The highest BCUT2D eigenvalue weighted by Crippen LogP contribution is 2.52. The Morgan fingerprint density at radius 3 is 2.58 bits per heavy atom. The van der Waals surface area contributed by atoms with Crippen LogP contribution < -0.4 is 4.90 Å². The average Bonchev–Trinajstić information content (AvgIpc) is 3.17. The molecule has 3 aliphatic heterocycles. The Morgan fingerprint density at radius 2 is 1.96 bits per heavy atom. The minimum atomic E-state index is -0.707. The third-order valence-corrected chi connectivity index (χ3v) is 4.97. The van der Waals surface area contributed by atoms with Crippen molar-refractivity contribution >= 4 is 23.5 Å². The Hall–Kier alpha value is -2.47. The van der Waals surface area contributed by atoms with Gasteiger partial charge in [0.05, 0.1) is 41.4 Å². The van der Waals surface area contributed by atoms with E-state index in [4.69, 9.17) is 9.47 Å². The molecule has 1 aromatic rings. The van der Waals surface area contributed by atoms with Gasteiger partial charge in [-0.15, -0.1) is 0 Å². The number of carbonyl (C=O) groups excluding carboxylic acids is 3. The number of hydrogen-bond donors (Lipinski definition) is 0. The van der Waals surface area contributed by atoms with Gasteiger partial charge in [0.25, 0.3) is 0 Å². The average molecular weight is 327 g/mol. The molecule has 2 fully saturated rings. The maximum atomic E-state index is 12.8. The van der Waals surface area contributed by atoms with Crippen LogP contribution in [0.25, 0.3) is 0 Å². The molecule has 0 saturated carbocycles. The molecule has 0 aromatic heterocycles. The molecule has 4 atom stereocenters. The maximum absolute atomic E-state index is 12.8. The van der Waals surface area contributed by atoms with Crippen molar-refractivity contribution < 1.29 is 23.9 Å². The van der Waals surface area contributed by atoms with Crippen LogP contribution in [-0.4, -0.2) is 36.1 Å². The number of imide groups is 1. The first-order valence-corrected chi connectivity index (χ1v) is 7.98. The normalized spacial score (nSPS) is 33.2. The highest BCUT2D eigenvalue weighted by atomic mass is 16.5. The van der Waals surface area contributed by atoms with Crippen LogP contribution in [0.1, 0.15) is 24.2 Å². The number of rotatable bonds is 3. The van der Waals surface area contributed by atoms with Gasteiger partial charge in [-0.3, -0.25) is 9.59 Å². The molecule has 2 saturated heterocycles. The summed E-state index contributed by atoms with van der Waals surface area (Å²) in [7, 11) is 0. The van der Waals surface area contributed by atoms with E-state index in [9.17, 15) is 14.4 Å². The molecule has 1 aromatic carbocycles. The van der Waals surface area contributed by atoms with E-state index in [1.165, 1.54) is 4.90 Å². The Kier molecular flexibility index (Phi) is 3.15. The van der Waals surface area contributed by atoms with Crippen LogP contribution in [0.15, 0.2) is 36.4 Å². The Morgan fingerprint density at radius 1 is 1.25 bits per heavy atom. The molecule has 4 unspecified atom stereocenters. The molecule has 3 aliphatic rings. The topological polar surface area (TPSA) is 72.9 Å². The molecule has 6 heteroatoms. The largest absolute Gasteiger partial charge is 0.462 e. The van der Waals surface area contributed by atoms with Gasteiger partial charge in [0, 0.05) is 0 Å². The van der Waals surface area contributed by atoms with Gasteiger partial charge in [-0.2, -0.15) is 0 Å². The van der Waals surface area contributed by atoms with E-state index in [0.29, 0.717) is 17.9 Å². The van der Waals surface area contributed by atoms with Crippen LogP contribution in [0.5, 0.6) is 0 Å². The zero-order valence-electron chi connectivity index (χ0n) is 13.4. The molecule has 0 N–H and O–H groups in total.